The third kappa shape index (κ3) is 7.83. The van der Waals surface area contributed by atoms with Gasteiger partial charge in [0.15, 0.2) is 23.9 Å². The first-order valence-electron chi connectivity index (χ1n) is 16.3. The van der Waals surface area contributed by atoms with Crippen LogP contribution in [0.3, 0.4) is 0 Å². The van der Waals surface area contributed by atoms with Crippen LogP contribution in [0.5, 0.6) is 11.5 Å². The minimum absolute atomic E-state index is 0.0512. The lowest BCUT2D eigenvalue weighted by molar-refractivity contribution is -0.605. The van der Waals surface area contributed by atoms with Crippen molar-refractivity contribution in [3.8, 4) is 11.5 Å². The molecule has 3 aliphatic rings. The van der Waals surface area contributed by atoms with Gasteiger partial charge in [-0.2, -0.15) is 4.73 Å². The van der Waals surface area contributed by atoms with Crippen molar-refractivity contribution in [2.45, 2.75) is 37.8 Å². The molecule has 0 unspecified atom stereocenters. The number of rotatable bonds is 11. The summed E-state index contributed by atoms with van der Waals surface area (Å²) in [5, 5.41) is 22.6. The van der Waals surface area contributed by atoms with Gasteiger partial charge in [0.1, 0.15) is 27.8 Å². The predicted molar refractivity (Wildman–Crippen MR) is 186 cm³/mol. The largest absolute Gasteiger partial charge is 0.619 e. The third-order valence-electron chi connectivity index (χ3n) is 9.61. The van der Waals surface area contributed by atoms with Crippen LogP contribution in [0.4, 0.5) is 19.3 Å². The zero-order chi connectivity index (χ0) is 36.4. The highest BCUT2D eigenvalue weighted by Crippen LogP contribution is 2.40. The molecule has 0 radical (unpaired) electrons. The van der Waals surface area contributed by atoms with Crippen LogP contribution in [0.1, 0.15) is 51.4 Å². The summed E-state index contributed by atoms with van der Waals surface area (Å²) in [6.07, 6.45) is 2.91. The Morgan fingerprint density at radius 1 is 1.00 bits per heavy atom. The molecule has 268 valence electrons. The molecule has 0 saturated carbocycles. The number of carbonyl (C=O) groups excluding carboxylic acids is 1. The molecule has 0 spiro atoms. The minimum Gasteiger partial charge on any atom is -0.619 e. The lowest BCUT2D eigenvalue weighted by Crippen LogP contribution is -2.53. The molecule has 2 atom stereocenters. The lowest BCUT2D eigenvalue weighted by Gasteiger charge is -2.44. The number of carboxylic acids is 1. The summed E-state index contributed by atoms with van der Waals surface area (Å²) in [6.45, 7) is 2.17. The predicted octanol–water partition coefficient (Wildman–Crippen LogP) is 7.23. The van der Waals surface area contributed by atoms with Crippen molar-refractivity contribution in [1.29, 1.82) is 0 Å². The topological polar surface area (TPSA) is 115 Å². The van der Waals surface area contributed by atoms with Crippen molar-refractivity contribution in [1.82, 2.24) is 4.90 Å². The second-order valence-electron chi connectivity index (χ2n) is 12.6. The SMILES string of the molecule is COc1ccc([C@H](Cc2c(Cl)c[n+]([O-])cc2Cl)c2cc(CN(C(=O)O[C@H]3CN4CCC3CC4)c3ccc(F)cc3F)ccc2C(=O)O)cc1OC. The van der Waals surface area contributed by atoms with Crippen molar-refractivity contribution < 1.29 is 42.4 Å². The van der Waals surface area contributed by atoms with Gasteiger partial charge in [-0.1, -0.05) is 41.4 Å². The van der Waals surface area contributed by atoms with E-state index in [9.17, 15) is 24.3 Å². The molecule has 3 aromatic carbocycles. The Morgan fingerprint density at radius 2 is 1.71 bits per heavy atom. The number of amides is 1. The van der Waals surface area contributed by atoms with E-state index in [-0.39, 0.29) is 40.2 Å². The minimum atomic E-state index is -1.23. The number of hydrogen-bond acceptors (Lipinski definition) is 7. The van der Waals surface area contributed by atoms with E-state index >= 15 is 4.39 Å². The molecule has 1 aromatic heterocycles. The Morgan fingerprint density at radius 3 is 2.31 bits per heavy atom. The van der Waals surface area contributed by atoms with Gasteiger partial charge in [-0.25, -0.2) is 18.4 Å². The van der Waals surface area contributed by atoms with E-state index in [2.05, 4.69) is 4.90 Å². The summed E-state index contributed by atoms with van der Waals surface area (Å²) < 4.78 is 46.7. The fraction of sp³-hybridized carbons (Fsp3) is 0.324. The Kier molecular flexibility index (Phi) is 10.8. The van der Waals surface area contributed by atoms with Gasteiger partial charge in [0.05, 0.1) is 32.0 Å². The highest BCUT2D eigenvalue weighted by Gasteiger charge is 2.38. The second kappa shape index (κ2) is 15.3. The van der Waals surface area contributed by atoms with Gasteiger partial charge in [-0.15, -0.1) is 0 Å². The molecule has 4 aromatic rings. The maximum absolute atomic E-state index is 15.3. The van der Waals surface area contributed by atoms with Crippen LogP contribution in [-0.4, -0.2) is 62.0 Å². The fourth-order valence-corrected chi connectivity index (χ4v) is 7.57. The summed E-state index contributed by atoms with van der Waals surface area (Å²) in [7, 11) is 2.95. The molecule has 10 nitrogen and oxygen atoms in total. The molecule has 1 N–H and O–H groups in total. The summed E-state index contributed by atoms with van der Waals surface area (Å²) in [4.78, 5) is 29.9. The number of fused-ring (bicyclic) bond motifs is 3. The number of carbonyl (C=O) groups is 2. The molecule has 51 heavy (non-hydrogen) atoms. The van der Waals surface area contributed by atoms with Crippen LogP contribution in [0, 0.1) is 22.8 Å². The Bertz CT molecular complexity index is 1930. The Labute approximate surface area is 303 Å². The standard InChI is InChI=1S/C37H35Cl2F2N3O7/c1-49-33-8-4-23(14-34(33)50-2)26(16-28-29(38)18-43(48)19-30(28)39)27-13-21(3-6-25(27)36(45)46)17-44(32-7-5-24(40)15-31(32)41)37(47)51-35-20-42-11-9-22(35)10-12-42/h3-8,13-15,18-19,22,26,35H,9-12,16-17,20H2,1-2H3,(H,45,46)/t26-,35-/m0/s1. The molecule has 3 fully saturated rings. The summed E-state index contributed by atoms with van der Waals surface area (Å²) in [6, 6.07) is 12.6. The van der Waals surface area contributed by atoms with E-state index in [1.807, 2.05) is 0 Å². The van der Waals surface area contributed by atoms with Crippen molar-refractivity contribution in [3.63, 3.8) is 0 Å². The van der Waals surface area contributed by atoms with Crippen molar-refractivity contribution in [2.75, 3.05) is 38.8 Å². The molecule has 1 amide bonds. The van der Waals surface area contributed by atoms with Crippen molar-refractivity contribution >= 4 is 41.0 Å². The Balaban J connectivity index is 1.44. The number of halogens is 4. The number of ether oxygens (including phenoxy) is 3. The smallest absolute Gasteiger partial charge is 0.415 e. The normalized spacial score (nSPS) is 18.6. The third-order valence-corrected chi connectivity index (χ3v) is 10.3. The lowest BCUT2D eigenvalue weighted by atomic mass is 9.82. The van der Waals surface area contributed by atoms with E-state index in [1.165, 1.54) is 32.4 Å². The molecular weight excluding hydrogens is 707 g/mol. The molecule has 2 bridgehead atoms. The maximum atomic E-state index is 15.3. The zero-order valence-corrected chi connectivity index (χ0v) is 29.3. The van der Waals surface area contributed by atoms with E-state index < -0.39 is 35.7 Å². The first-order valence-corrected chi connectivity index (χ1v) is 17.0. The molecule has 3 saturated heterocycles. The van der Waals surface area contributed by atoms with Crippen molar-refractivity contribution in [2.24, 2.45) is 5.92 Å². The number of benzene rings is 3. The van der Waals surface area contributed by atoms with Crippen LogP contribution in [0.2, 0.25) is 10.0 Å². The van der Waals surface area contributed by atoms with Crippen LogP contribution >= 0.6 is 23.2 Å². The monoisotopic (exact) mass is 741 g/mol. The van der Waals surface area contributed by atoms with Crippen LogP contribution in [-0.2, 0) is 17.7 Å². The molecule has 3 aliphatic heterocycles. The first-order chi connectivity index (χ1) is 24.4. The summed E-state index contributed by atoms with van der Waals surface area (Å²) in [5.74, 6) is -2.76. The number of pyridine rings is 1. The number of anilines is 1. The molecule has 7 rings (SSSR count). The first kappa shape index (κ1) is 36.2. The van der Waals surface area contributed by atoms with Gasteiger partial charge in [-0.05, 0) is 85.3 Å². The zero-order valence-electron chi connectivity index (χ0n) is 27.8. The number of nitrogens with zero attached hydrogens (tertiary/aromatic N) is 3. The Hall–Kier alpha value is -4.65. The second-order valence-corrected chi connectivity index (χ2v) is 13.4. The average molecular weight is 743 g/mol. The van der Waals surface area contributed by atoms with E-state index in [4.69, 9.17) is 37.4 Å². The maximum Gasteiger partial charge on any atom is 0.415 e. The highest BCUT2D eigenvalue weighted by molar-refractivity contribution is 6.35. The van der Waals surface area contributed by atoms with Gasteiger partial charge in [-0.3, -0.25) is 9.80 Å². The fourth-order valence-electron chi connectivity index (χ4n) is 6.97. The number of carboxylic acid groups (broad SMARTS) is 1. The quantitative estimate of drug-likeness (QED) is 0.127. The number of aromatic carboxylic acids is 1. The number of hydrogen-bond donors (Lipinski definition) is 1. The molecular formula is C37H35Cl2F2N3O7. The molecule has 14 heteroatoms. The van der Waals surface area contributed by atoms with Crippen LogP contribution in [0.15, 0.2) is 67.0 Å². The van der Waals surface area contributed by atoms with Gasteiger partial charge in [0.25, 0.3) is 0 Å². The average Bonchev–Trinajstić information content (AvgIpc) is 3.10. The van der Waals surface area contributed by atoms with Crippen LogP contribution < -0.4 is 19.1 Å². The van der Waals surface area contributed by atoms with Crippen LogP contribution in [0.25, 0.3) is 0 Å². The molecule has 4 heterocycles. The summed E-state index contributed by atoms with van der Waals surface area (Å²) in [5.41, 5.74) is 1.47. The number of piperidine rings is 3. The summed E-state index contributed by atoms with van der Waals surface area (Å²) >= 11 is 13.0. The number of methoxy groups -OCH3 is 2. The highest BCUT2D eigenvalue weighted by atomic mass is 35.5. The van der Waals surface area contributed by atoms with Crippen molar-refractivity contribution in [3.05, 3.63) is 122 Å². The molecule has 0 aliphatic carbocycles. The van der Waals surface area contributed by atoms with E-state index in [1.54, 1.807) is 24.3 Å². The number of aromatic nitrogens is 1. The van der Waals surface area contributed by atoms with Gasteiger partial charge in [0, 0.05) is 24.1 Å². The van der Waals surface area contributed by atoms with Gasteiger partial charge in [0.2, 0.25) is 0 Å². The van der Waals surface area contributed by atoms with Gasteiger partial charge >= 0.3 is 12.1 Å². The van der Waals surface area contributed by atoms with E-state index in [0.717, 1.165) is 49.3 Å². The van der Waals surface area contributed by atoms with E-state index in [0.29, 0.717) is 51.1 Å². The van der Waals surface area contributed by atoms with Gasteiger partial charge < -0.3 is 24.5 Å².